The summed E-state index contributed by atoms with van der Waals surface area (Å²) in [5.41, 5.74) is 0.556. The molecule has 1 aromatic rings. The number of nitrogens with zero attached hydrogens (tertiary/aromatic N) is 3. The predicted molar refractivity (Wildman–Crippen MR) is 55.6 cm³/mol. The zero-order valence-electron chi connectivity index (χ0n) is 8.82. The Kier molecular flexibility index (Phi) is 3.56. The largest absolute Gasteiger partial charge is 0.341 e. The minimum atomic E-state index is -0.00361. The van der Waals surface area contributed by atoms with Crippen molar-refractivity contribution in [2.24, 2.45) is 0 Å². The third-order valence-corrected chi connectivity index (χ3v) is 2.09. The van der Waals surface area contributed by atoms with Gasteiger partial charge in [0.15, 0.2) is 5.78 Å². The molecule has 4 nitrogen and oxygen atoms in total. The molecule has 1 rings (SSSR count). The second-order valence-corrected chi connectivity index (χ2v) is 3.00. The van der Waals surface area contributed by atoms with Gasteiger partial charge in [0.2, 0.25) is 5.95 Å². The highest BCUT2D eigenvalue weighted by atomic mass is 16.1. The molecule has 0 radical (unpaired) electrons. The zero-order chi connectivity index (χ0) is 10.6. The van der Waals surface area contributed by atoms with Crippen molar-refractivity contribution in [3.05, 3.63) is 18.0 Å². The third-order valence-electron chi connectivity index (χ3n) is 2.09. The van der Waals surface area contributed by atoms with E-state index >= 15 is 0 Å². The predicted octanol–water partition coefficient (Wildman–Crippen LogP) is 1.53. The molecule has 1 heterocycles. The van der Waals surface area contributed by atoms with Crippen molar-refractivity contribution < 1.29 is 4.79 Å². The molecular formula is C10H15N3O. The van der Waals surface area contributed by atoms with Gasteiger partial charge in [0.05, 0.1) is 5.56 Å². The van der Waals surface area contributed by atoms with E-state index in [-0.39, 0.29) is 5.78 Å². The van der Waals surface area contributed by atoms with Gasteiger partial charge < -0.3 is 4.90 Å². The van der Waals surface area contributed by atoms with Gasteiger partial charge in [-0.3, -0.25) is 4.79 Å². The molecule has 0 fully saturated rings. The first-order valence-corrected chi connectivity index (χ1v) is 4.77. The van der Waals surface area contributed by atoms with Crippen molar-refractivity contribution >= 4 is 11.7 Å². The number of hydrogen-bond donors (Lipinski definition) is 0. The van der Waals surface area contributed by atoms with Gasteiger partial charge in [-0.2, -0.15) is 0 Å². The van der Waals surface area contributed by atoms with Crippen LogP contribution in [0.1, 0.15) is 31.1 Å². The molecule has 1 aromatic heterocycles. The zero-order valence-corrected chi connectivity index (χ0v) is 8.82. The van der Waals surface area contributed by atoms with Crippen LogP contribution in [0.4, 0.5) is 5.95 Å². The van der Waals surface area contributed by atoms with Crippen LogP contribution < -0.4 is 4.90 Å². The van der Waals surface area contributed by atoms with Crippen molar-refractivity contribution in [3.63, 3.8) is 0 Å². The molecule has 0 aliphatic carbocycles. The minimum absolute atomic E-state index is 0.00361. The maximum Gasteiger partial charge on any atom is 0.225 e. The lowest BCUT2D eigenvalue weighted by Gasteiger charge is -2.17. The lowest BCUT2D eigenvalue weighted by atomic mass is 10.2. The van der Waals surface area contributed by atoms with Crippen molar-refractivity contribution in [2.45, 2.75) is 20.8 Å². The number of hydrogen-bond acceptors (Lipinski definition) is 4. The topological polar surface area (TPSA) is 46.1 Å². The van der Waals surface area contributed by atoms with E-state index in [1.807, 2.05) is 18.7 Å². The Bertz CT molecular complexity index is 304. The summed E-state index contributed by atoms with van der Waals surface area (Å²) in [6.45, 7) is 7.35. The summed E-state index contributed by atoms with van der Waals surface area (Å²) in [6, 6.07) is 0. The number of aromatic nitrogens is 2. The monoisotopic (exact) mass is 193 g/mol. The van der Waals surface area contributed by atoms with Crippen molar-refractivity contribution in [1.82, 2.24) is 9.97 Å². The standard InChI is InChI=1S/C10H15N3O/c1-4-13(5-2)10-11-6-9(7-12-10)8(3)14/h6-7H,4-5H2,1-3H3. The first-order chi connectivity index (χ1) is 6.69. The highest BCUT2D eigenvalue weighted by molar-refractivity contribution is 5.93. The van der Waals surface area contributed by atoms with Gasteiger partial charge >= 0.3 is 0 Å². The second-order valence-electron chi connectivity index (χ2n) is 3.00. The summed E-state index contributed by atoms with van der Waals surface area (Å²) in [5, 5.41) is 0. The first-order valence-electron chi connectivity index (χ1n) is 4.77. The molecular weight excluding hydrogens is 178 g/mol. The fourth-order valence-electron chi connectivity index (χ4n) is 1.17. The van der Waals surface area contributed by atoms with Crippen LogP contribution in [0.5, 0.6) is 0 Å². The van der Waals surface area contributed by atoms with Gasteiger partial charge in [0.1, 0.15) is 0 Å². The summed E-state index contributed by atoms with van der Waals surface area (Å²) >= 11 is 0. The number of carbonyl (C=O) groups excluding carboxylic acids is 1. The van der Waals surface area contributed by atoms with Crippen LogP contribution in [0.25, 0.3) is 0 Å². The Morgan fingerprint density at radius 1 is 1.29 bits per heavy atom. The molecule has 14 heavy (non-hydrogen) atoms. The van der Waals surface area contributed by atoms with Gasteiger partial charge in [-0.25, -0.2) is 9.97 Å². The lowest BCUT2D eigenvalue weighted by Crippen LogP contribution is -2.24. The van der Waals surface area contributed by atoms with Crippen LogP contribution in [-0.2, 0) is 0 Å². The number of rotatable bonds is 4. The number of Topliss-reactive ketones (excluding diaryl/α,β-unsaturated/α-hetero) is 1. The van der Waals surface area contributed by atoms with E-state index in [1.165, 1.54) is 6.92 Å². The average molecular weight is 193 g/mol. The Labute approximate surface area is 84.0 Å². The summed E-state index contributed by atoms with van der Waals surface area (Å²) < 4.78 is 0. The molecule has 4 heteroatoms. The van der Waals surface area contributed by atoms with E-state index in [0.717, 1.165) is 13.1 Å². The maximum atomic E-state index is 11.0. The van der Waals surface area contributed by atoms with Crippen molar-refractivity contribution in [2.75, 3.05) is 18.0 Å². The van der Waals surface area contributed by atoms with Crippen LogP contribution in [0, 0.1) is 0 Å². The van der Waals surface area contributed by atoms with Crippen LogP contribution in [0.3, 0.4) is 0 Å². The van der Waals surface area contributed by atoms with Crippen LogP contribution in [-0.4, -0.2) is 28.8 Å². The molecule has 0 aromatic carbocycles. The Morgan fingerprint density at radius 3 is 2.14 bits per heavy atom. The van der Waals surface area contributed by atoms with E-state index in [4.69, 9.17) is 0 Å². The number of carbonyl (C=O) groups is 1. The normalized spacial score (nSPS) is 9.93. The highest BCUT2D eigenvalue weighted by Crippen LogP contribution is 2.06. The fourth-order valence-corrected chi connectivity index (χ4v) is 1.17. The van der Waals surface area contributed by atoms with Gasteiger partial charge in [0.25, 0.3) is 0 Å². The third kappa shape index (κ3) is 2.28. The Hall–Kier alpha value is -1.45. The van der Waals surface area contributed by atoms with Gasteiger partial charge in [-0.15, -0.1) is 0 Å². The minimum Gasteiger partial charge on any atom is -0.341 e. The molecule has 0 bridgehead atoms. The molecule has 0 atom stereocenters. The SMILES string of the molecule is CCN(CC)c1ncc(C(C)=O)cn1. The number of ketones is 1. The average Bonchev–Trinajstić information content (AvgIpc) is 2.20. The van der Waals surface area contributed by atoms with Gasteiger partial charge in [-0.1, -0.05) is 0 Å². The van der Waals surface area contributed by atoms with Crippen LogP contribution >= 0.6 is 0 Å². The quantitative estimate of drug-likeness (QED) is 0.680. The molecule has 0 unspecified atom stereocenters. The van der Waals surface area contributed by atoms with E-state index in [0.29, 0.717) is 11.5 Å². The molecule has 0 aliphatic heterocycles. The smallest absolute Gasteiger partial charge is 0.225 e. The van der Waals surface area contributed by atoms with Gasteiger partial charge in [-0.05, 0) is 20.8 Å². The highest BCUT2D eigenvalue weighted by Gasteiger charge is 2.05. The number of anilines is 1. The van der Waals surface area contributed by atoms with Crippen molar-refractivity contribution in [3.8, 4) is 0 Å². The maximum absolute atomic E-state index is 11.0. The first kappa shape index (κ1) is 10.6. The molecule has 0 aliphatic rings. The molecule has 0 N–H and O–H groups in total. The Morgan fingerprint density at radius 2 is 1.79 bits per heavy atom. The fraction of sp³-hybridized carbons (Fsp3) is 0.500. The van der Waals surface area contributed by atoms with E-state index in [1.54, 1.807) is 12.4 Å². The molecule has 0 saturated heterocycles. The van der Waals surface area contributed by atoms with Gasteiger partial charge in [0, 0.05) is 25.5 Å². The summed E-state index contributed by atoms with van der Waals surface area (Å²) in [4.78, 5) is 21.3. The molecule has 0 spiro atoms. The summed E-state index contributed by atoms with van der Waals surface area (Å²) in [6.07, 6.45) is 3.14. The second kappa shape index (κ2) is 4.69. The van der Waals surface area contributed by atoms with Crippen LogP contribution in [0.15, 0.2) is 12.4 Å². The Balaban J connectivity index is 2.87. The molecule has 76 valence electrons. The lowest BCUT2D eigenvalue weighted by molar-refractivity contribution is 0.101. The summed E-state index contributed by atoms with van der Waals surface area (Å²) in [5.74, 6) is 0.677. The van der Waals surface area contributed by atoms with Crippen LogP contribution in [0.2, 0.25) is 0 Å². The molecule has 0 saturated carbocycles. The van der Waals surface area contributed by atoms with E-state index in [9.17, 15) is 4.79 Å². The summed E-state index contributed by atoms with van der Waals surface area (Å²) in [7, 11) is 0. The van der Waals surface area contributed by atoms with E-state index in [2.05, 4.69) is 9.97 Å². The van der Waals surface area contributed by atoms with Crippen molar-refractivity contribution in [1.29, 1.82) is 0 Å². The molecule has 0 amide bonds. The van der Waals surface area contributed by atoms with E-state index < -0.39 is 0 Å².